The number of amides is 2. The third-order valence-electron chi connectivity index (χ3n) is 5.87. The van der Waals surface area contributed by atoms with Crippen LogP contribution < -0.4 is 21.1 Å². The van der Waals surface area contributed by atoms with E-state index in [0.717, 1.165) is 45.0 Å². The van der Waals surface area contributed by atoms with E-state index in [2.05, 4.69) is 70.2 Å². The number of nitrogens with zero attached hydrogens (tertiary/aromatic N) is 1. The summed E-state index contributed by atoms with van der Waals surface area (Å²) < 4.78 is 5.35. The van der Waals surface area contributed by atoms with Crippen LogP contribution >= 0.6 is 0 Å². The number of nitrogens with one attached hydrogen (secondary N) is 2. The molecular weight excluding hydrogens is 362 g/mol. The third-order valence-corrected chi connectivity index (χ3v) is 5.87. The molecule has 2 amide bonds. The van der Waals surface area contributed by atoms with E-state index in [0.29, 0.717) is 6.54 Å². The first kappa shape index (κ1) is 18.2. The van der Waals surface area contributed by atoms with Crippen molar-refractivity contribution in [2.75, 3.05) is 39.4 Å². The quantitative estimate of drug-likeness (QED) is 0.836. The molecule has 1 heterocycles. The molecule has 5 heteroatoms. The molecular formula is C24H25N3O2. The van der Waals surface area contributed by atoms with E-state index in [1.165, 1.54) is 32.3 Å². The van der Waals surface area contributed by atoms with Crippen LogP contribution in [-0.4, -0.2) is 50.3 Å². The Hall–Kier alpha value is -2.89. The van der Waals surface area contributed by atoms with Gasteiger partial charge < -0.3 is 15.4 Å². The first-order valence-corrected chi connectivity index (χ1v) is 10.3. The van der Waals surface area contributed by atoms with Gasteiger partial charge in [-0.3, -0.25) is 4.90 Å². The van der Waals surface area contributed by atoms with E-state index < -0.39 is 0 Å². The van der Waals surface area contributed by atoms with Gasteiger partial charge in [-0.2, -0.15) is 0 Å². The normalized spacial score (nSPS) is 17.7. The molecule has 5 nitrogen and oxygen atoms in total. The Kier molecular flexibility index (Phi) is 4.92. The zero-order valence-corrected chi connectivity index (χ0v) is 16.4. The monoisotopic (exact) mass is 387 g/mol. The number of rotatable bonds is 4. The molecule has 2 N–H and O–H groups in total. The average molecular weight is 387 g/mol. The fourth-order valence-corrected chi connectivity index (χ4v) is 4.32. The fraction of sp³-hybridized carbons (Fsp3) is 0.292. The highest BCUT2D eigenvalue weighted by atomic mass is 16.5. The lowest BCUT2D eigenvalue weighted by Crippen LogP contribution is -2.43. The largest absolute Gasteiger partial charge is 0.379 e. The van der Waals surface area contributed by atoms with Crippen LogP contribution in [0.1, 0.15) is 11.1 Å². The highest BCUT2D eigenvalue weighted by Crippen LogP contribution is 2.22. The average Bonchev–Trinajstić information content (AvgIpc) is 3.23. The number of carbonyl (C=O) groups is 1. The number of benzene rings is 2. The van der Waals surface area contributed by atoms with Crippen molar-refractivity contribution >= 4 is 35.0 Å². The number of fused-ring (bicyclic) bond motifs is 5. The lowest BCUT2D eigenvalue weighted by molar-refractivity contribution is 0.0387. The molecule has 3 aliphatic rings. The molecule has 1 aliphatic heterocycles. The van der Waals surface area contributed by atoms with E-state index in [-0.39, 0.29) is 6.03 Å². The maximum absolute atomic E-state index is 12.3. The Morgan fingerprint density at radius 3 is 2.79 bits per heavy atom. The maximum Gasteiger partial charge on any atom is 0.319 e. The van der Waals surface area contributed by atoms with Crippen LogP contribution in [0.15, 0.2) is 42.1 Å². The van der Waals surface area contributed by atoms with Crippen molar-refractivity contribution < 1.29 is 9.53 Å². The van der Waals surface area contributed by atoms with Crippen molar-refractivity contribution in [3.8, 4) is 0 Å². The number of morpholine rings is 1. The summed E-state index contributed by atoms with van der Waals surface area (Å²) in [6, 6.07) is 8.61. The number of hydrogen-bond donors (Lipinski definition) is 2. The SMILES string of the molecule is O=C(NCCN1CCOCC1)NC1=CCc2c(ccc3c4c(ccc23)=CC=C4)=C1. The van der Waals surface area contributed by atoms with Crippen molar-refractivity contribution in [1.82, 2.24) is 15.5 Å². The van der Waals surface area contributed by atoms with Crippen molar-refractivity contribution in [2.24, 2.45) is 0 Å². The molecule has 0 bridgehead atoms. The zero-order chi connectivity index (χ0) is 19.6. The molecule has 148 valence electrons. The number of carbonyl (C=O) groups excluding carboxylic acids is 1. The van der Waals surface area contributed by atoms with E-state index in [4.69, 9.17) is 4.74 Å². The lowest BCUT2D eigenvalue weighted by Gasteiger charge is -2.26. The summed E-state index contributed by atoms with van der Waals surface area (Å²) >= 11 is 0. The van der Waals surface area contributed by atoms with Crippen LogP contribution in [0.5, 0.6) is 0 Å². The maximum atomic E-state index is 12.3. The Balaban J connectivity index is 1.26. The van der Waals surface area contributed by atoms with Gasteiger partial charge in [0.05, 0.1) is 13.2 Å². The molecule has 2 aliphatic carbocycles. The summed E-state index contributed by atoms with van der Waals surface area (Å²) in [6.45, 7) is 4.91. The van der Waals surface area contributed by atoms with Gasteiger partial charge in [0.15, 0.2) is 0 Å². The topological polar surface area (TPSA) is 53.6 Å². The first-order valence-electron chi connectivity index (χ1n) is 10.3. The molecule has 29 heavy (non-hydrogen) atoms. The minimum Gasteiger partial charge on any atom is -0.379 e. The molecule has 2 aromatic carbocycles. The van der Waals surface area contributed by atoms with Crippen molar-refractivity contribution in [2.45, 2.75) is 6.42 Å². The van der Waals surface area contributed by atoms with Gasteiger partial charge in [-0.05, 0) is 44.8 Å². The molecule has 0 unspecified atom stereocenters. The number of urea groups is 1. The molecule has 2 aromatic rings. The van der Waals surface area contributed by atoms with Gasteiger partial charge in [-0.1, -0.05) is 48.6 Å². The highest BCUT2D eigenvalue weighted by Gasteiger charge is 2.13. The molecule has 0 radical (unpaired) electrons. The van der Waals surface area contributed by atoms with Crippen LogP contribution in [0.25, 0.3) is 29.0 Å². The minimum atomic E-state index is -0.150. The smallest absolute Gasteiger partial charge is 0.319 e. The summed E-state index contributed by atoms with van der Waals surface area (Å²) in [5.74, 6) is 0. The predicted molar refractivity (Wildman–Crippen MR) is 117 cm³/mol. The van der Waals surface area contributed by atoms with Crippen LogP contribution in [0, 0.1) is 0 Å². The first-order chi connectivity index (χ1) is 14.3. The van der Waals surface area contributed by atoms with Gasteiger partial charge >= 0.3 is 6.03 Å². The van der Waals surface area contributed by atoms with Crippen molar-refractivity contribution in [3.63, 3.8) is 0 Å². The highest BCUT2D eigenvalue weighted by molar-refractivity contribution is 5.96. The minimum absolute atomic E-state index is 0.150. The molecule has 1 saturated heterocycles. The van der Waals surface area contributed by atoms with E-state index in [1.807, 2.05) is 0 Å². The van der Waals surface area contributed by atoms with Gasteiger partial charge in [0.25, 0.3) is 0 Å². The zero-order valence-electron chi connectivity index (χ0n) is 16.4. The van der Waals surface area contributed by atoms with Gasteiger partial charge in [0, 0.05) is 31.9 Å². The Labute approximate surface area is 170 Å². The standard InChI is InChI=1S/C24H25N3O2/c28-24(25-10-11-27-12-14-29-15-13-27)26-19-6-9-21-18(16-19)5-8-22-20-3-1-2-17(20)4-7-23(21)22/h1-8,16H,9-15H2,(H2,25,26,28). The van der Waals surface area contributed by atoms with E-state index in [9.17, 15) is 4.79 Å². The summed E-state index contributed by atoms with van der Waals surface area (Å²) in [5.41, 5.74) is 3.48. The summed E-state index contributed by atoms with van der Waals surface area (Å²) in [7, 11) is 0. The molecule has 0 aromatic heterocycles. The summed E-state index contributed by atoms with van der Waals surface area (Å²) in [4.78, 5) is 14.6. The second kappa shape index (κ2) is 7.85. The molecule has 0 saturated carbocycles. The fourth-order valence-electron chi connectivity index (χ4n) is 4.32. The summed E-state index contributed by atoms with van der Waals surface area (Å²) in [5, 5.41) is 11.0. The molecule has 1 fully saturated rings. The predicted octanol–water partition coefficient (Wildman–Crippen LogP) is 1.50. The Morgan fingerprint density at radius 2 is 1.90 bits per heavy atom. The molecule has 0 atom stereocenters. The Morgan fingerprint density at radius 1 is 1.07 bits per heavy atom. The summed E-state index contributed by atoms with van der Waals surface area (Å²) in [6.07, 6.45) is 11.4. The van der Waals surface area contributed by atoms with Crippen LogP contribution in [0.4, 0.5) is 4.79 Å². The number of hydrogen-bond acceptors (Lipinski definition) is 3. The molecule has 0 spiro atoms. The number of ether oxygens (including phenoxy) is 1. The number of allylic oxidation sites excluding steroid dienone is 3. The van der Waals surface area contributed by atoms with E-state index >= 15 is 0 Å². The van der Waals surface area contributed by atoms with Crippen molar-refractivity contribution in [1.29, 1.82) is 0 Å². The van der Waals surface area contributed by atoms with Crippen LogP contribution in [-0.2, 0) is 11.2 Å². The molecule has 5 rings (SSSR count). The Bertz CT molecular complexity index is 1140. The lowest BCUT2D eigenvalue weighted by atomic mass is 9.93. The second-order valence-electron chi connectivity index (χ2n) is 7.67. The van der Waals surface area contributed by atoms with Crippen LogP contribution in [0.3, 0.4) is 0 Å². The van der Waals surface area contributed by atoms with Gasteiger partial charge in [-0.15, -0.1) is 0 Å². The van der Waals surface area contributed by atoms with E-state index in [1.54, 1.807) is 0 Å². The van der Waals surface area contributed by atoms with Gasteiger partial charge in [0.2, 0.25) is 0 Å². The van der Waals surface area contributed by atoms with Gasteiger partial charge in [0.1, 0.15) is 0 Å². The second-order valence-corrected chi connectivity index (χ2v) is 7.67. The van der Waals surface area contributed by atoms with Crippen LogP contribution in [0.2, 0.25) is 0 Å². The van der Waals surface area contributed by atoms with Crippen molar-refractivity contribution in [3.05, 3.63) is 63.7 Å². The van der Waals surface area contributed by atoms with Gasteiger partial charge in [-0.25, -0.2) is 4.79 Å². The third kappa shape index (κ3) is 3.71.